The zero-order chi connectivity index (χ0) is 16.4. The molecule has 0 bridgehead atoms. The largest absolute Gasteiger partial charge is 0.407 e. The van der Waals surface area contributed by atoms with Crippen molar-refractivity contribution in [2.45, 2.75) is 13.2 Å². The van der Waals surface area contributed by atoms with Crippen molar-refractivity contribution < 1.29 is 19.4 Å². The van der Waals surface area contributed by atoms with Crippen molar-refractivity contribution in [3.05, 3.63) is 40.7 Å². The second kappa shape index (κ2) is 6.56. The van der Waals surface area contributed by atoms with Gasteiger partial charge in [-0.05, 0) is 12.1 Å². The first-order valence-corrected chi connectivity index (χ1v) is 7.27. The van der Waals surface area contributed by atoms with Crippen LogP contribution < -0.4 is 5.01 Å². The molecular weight excluding hydrogens is 331 g/mol. The summed E-state index contributed by atoms with van der Waals surface area (Å²) in [6, 6.07) is 6.78. The number of rotatable bonds is 4. The number of anilines is 1. The number of para-hydroxylation sites is 1. The Hall–Kier alpha value is -1.76. The zero-order valence-corrected chi connectivity index (χ0v) is 13.4. The Balaban J connectivity index is 2.49. The van der Waals surface area contributed by atoms with Gasteiger partial charge in [0.25, 0.3) is 0 Å². The lowest BCUT2D eigenvalue weighted by Crippen LogP contribution is -2.41. The molecule has 1 aromatic rings. The van der Waals surface area contributed by atoms with Crippen LogP contribution in [0.5, 0.6) is 0 Å². The number of aliphatic hydroxyl groups excluding tert-OH is 1. The molecule has 0 saturated carbocycles. The average Bonchev–Trinajstić information content (AvgIpc) is 2.70. The fourth-order valence-corrected chi connectivity index (χ4v) is 2.56. The predicted octanol–water partition coefficient (Wildman–Crippen LogP) is 1.91. The minimum Gasteiger partial charge on any atom is -0.407 e. The van der Waals surface area contributed by atoms with Crippen LogP contribution in [0.1, 0.15) is 6.92 Å². The van der Waals surface area contributed by atoms with E-state index < -0.39 is 18.0 Å². The Morgan fingerprint density at radius 3 is 2.55 bits per heavy atom. The van der Waals surface area contributed by atoms with Gasteiger partial charge in [-0.25, -0.2) is 5.01 Å². The molecular formula is C14H14Cl2N2O4. The number of hydrazine groups is 1. The summed E-state index contributed by atoms with van der Waals surface area (Å²) in [4.78, 5) is 23.3. The smallest absolute Gasteiger partial charge is 0.309 e. The molecule has 1 unspecified atom stereocenters. The molecule has 22 heavy (non-hydrogen) atoms. The molecule has 0 fully saturated rings. The van der Waals surface area contributed by atoms with Crippen LogP contribution in [0.4, 0.5) is 5.69 Å². The number of carbonyl (C=O) groups excluding carboxylic acids is 2. The third-order valence-corrected chi connectivity index (χ3v) is 3.66. The molecule has 0 amide bonds. The fraction of sp³-hybridized carbons (Fsp3) is 0.286. The van der Waals surface area contributed by atoms with Gasteiger partial charge in [0, 0.05) is 14.0 Å². The third-order valence-electron chi connectivity index (χ3n) is 3.10. The highest BCUT2D eigenvalue weighted by Crippen LogP contribution is 2.36. The molecule has 1 aliphatic rings. The van der Waals surface area contributed by atoms with E-state index in [-0.39, 0.29) is 17.3 Å². The maximum absolute atomic E-state index is 12.0. The number of hydrogen-bond acceptors (Lipinski definition) is 6. The summed E-state index contributed by atoms with van der Waals surface area (Å²) in [5, 5.41) is 13.6. The Labute approximate surface area is 137 Å². The van der Waals surface area contributed by atoms with Crippen LogP contribution in [0, 0.1) is 0 Å². The summed E-state index contributed by atoms with van der Waals surface area (Å²) in [5.74, 6) is -1.56. The molecule has 0 spiro atoms. The number of esters is 1. The summed E-state index contributed by atoms with van der Waals surface area (Å²) < 4.78 is 5.06. The highest BCUT2D eigenvalue weighted by Gasteiger charge is 2.42. The second-order valence-corrected chi connectivity index (χ2v) is 5.24. The molecule has 0 aromatic heterocycles. The monoisotopic (exact) mass is 344 g/mol. The van der Waals surface area contributed by atoms with Crippen LogP contribution in [0.25, 0.3) is 0 Å². The Morgan fingerprint density at radius 1 is 1.36 bits per heavy atom. The summed E-state index contributed by atoms with van der Waals surface area (Å²) in [6.45, 7) is 1.20. The van der Waals surface area contributed by atoms with Gasteiger partial charge in [0.2, 0.25) is 5.88 Å². The van der Waals surface area contributed by atoms with Gasteiger partial charge >= 0.3 is 5.97 Å². The molecule has 1 atom stereocenters. The minimum atomic E-state index is -1.36. The number of Topliss-reactive ketones (excluding diaryl/α,β-unsaturated/α-hetero) is 1. The Bertz CT molecular complexity index is 647. The molecule has 0 aliphatic carbocycles. The highest BCUT2D eigenvalue weighted by atomic mass is 35.5. The molecule has 1 aliphatic heterocycles. The number of benzene rings is 1. The van der Waals surface area contributed by atoms with Gasteiger partial charge in [0.05, 0.1) is 16.6 Å². The molecule has 118 valence electrons. The first-order valence-electron chi connectivity index (χ1n) is 6.35. The van der Waals surface area contributed by atoms with E-state index in [1.165, 1.54) is 16.9 Å². The van der Waals surface area contributed by atoms with Gasteiger partial charge in [0.1, 0.15) is 5.57 Å². The minimum absolute atomic E-state index is 0.0643. The van der Waals surface area contributed by atoms with Crippen LogP contribution in [0.2, 0.25) is 5.02 Å². The maximum Gasteiger partial charge on any atom is 0.309 e. The van der Waals surface area contributed by atoms with E-state index >= 15 is 0 Å². The molecule has 0 radical (unpaired) electrons. The average molecular weight is 345 g/mol. The van der Waals surface area contributed by atoms with Crippen LogP contribution in [-0.4, -0.2) is 41.0 Å². The van der Waals surface area contributed by atoms with Crippen LogP contribution in [0.15, 0.2) is 35.7 Å². The van der Waals surface area contributed by atoms with Crippen molar-refractivity contribution in [1.82, 2.24) is 5.01 Å². The lowest BCUT2D eigenvalue weighted by atomic mass is 10.1. The van der Waals surface area contributed by atoms with Gasteiger partial charge in [-0.3, -0.25) is 14.6 Å². The topological polar surface area (TPSA) is 70.1 Å². The SMILES string of the molecule is CC(=O)OC1=C(C(=O)CCl)C(O)N(c2ccccc2Cl)N1C. The fourth-order valence-electron chi connectivity index (χ4n) is 2.19. The zero-order valence-electron chi connectivity index (χ0n) is 11.9. The van der Waals surface area contributed by atoms with Crippen molar-refractivity contribution in [2.75, 3.05) is 17.9 Å². The number of carbonyl (C=O) groups is 2. The summed E-state index contributed by atoms with van der Waals surface area (Å²) >= 11 is 11.7. The molecule has 6 nitrogen and oxygen atoms in total. The van der Waals surface area contributed by atoms with Gasteiger partial charge < -0.3 is 9.84 Å². The van der Waals surface area contributed by atoms with Crippen molar-refractivity contribution in [2.24, 2.45) is 0 Å². The van der Waals surface area contributed by atoms with Crippen LogP contribution in [0.3, 0.4) is 0 Å². The van der Waals surface area contributed by atoms with Gasteiger partial charge in [-0.2, -0.15) is 0 Å². The van der Waals surface area contributed by atoms with E-state index in [1.54, 1.807) is 31.3 Å². The number of hydrogen-bond donors (Lipinski definition) is 1. The summed E-state index contributed by atoms with van der Waals surface area (Å²) in [5.41, 5.74) is 0.369. The number of nitrogens with zero attached hydrogens (tertiary/aromatic N) is 2. The Morgan fingerprint density at radius 2 is 2.00 bits per heavy atom. The summed E-state index contributed by atoms with van der Waals surface area (Å²) in [7, 11) is 1.54. The lowest BCUT2D eigenvalue weighted by molar-refractivity contribution is -0.139. The Kier molecular flexibility index (Phi) is 4.95. The number of aliphatic hydroxyl groups is 1. The standard InChI is InChI=1S/C14H14Cl2N2O4/c1-8(19)22-14-12(11(20)7-15)13(21)18(17(14)2)10-6-4-3-5-9(10)16/h3-6,13,21H,7H2,1-2H3. The van der Waals surface area contributed by atoms with Crippen LogP contribution >= 0.6 is 23.2 Å². The molecule has 1 aromatic carbocycles. The number of ketones is 1. The van der Waals surface area contributed by atoms with E-state index in [0.717, 1.165) is 0 Å². The molecule has 2 rings (SSSR count). The van der Waals surface area contributed by atoms with Gasteiger partial charge in [-0.1, -0.05) is 23.7 Å². The molecule has 8 heteroatoms. The second-order valence-electron chi connectivity index (χ2n) is 4.56. The lowest BCUT2D eigenvalue weighted by Gasteiger charge is -2.31. The maximum atomic E-state index is 12.0. The third kappa shape index (κ3) is 2.90. The number of alkyl halides is 1. The normalized spacial score (nSPS) is 18.0. The van der Waals surface area contributed by atoms with Crippen molar-refractivity contribution >= 4 is 40.6 Å². The van der Waals surface area contributed by atoms with Crippen molar-refractivity contribution in [3.63, 3.8) is 0 Å². The molecule has 0 saturated heterocycles. The van der Waals surface area contributed by atoms with E-state index in [9.17, 15) is 14.7 Å². The quantitative estimate of drug-likeness (QED) is 0.664. The van der Waals surface area contributed by atoms with Crippen molar-refractivity contribution in [3.8, 4) is 0 Å². The van der Waals surface area contributed by atoms with Crippen molar-refractivity contribution in [1.29, 1.82) is 0 Å². The van der Waals surface area contributed by atoms with E-state index in [1.807, 2.05) is 0 Å². The highest BCUT2D eigenvalue weighted by molar-refractivity contribution is 6.33. The number of ether oxygens (including phenoxy) is 1. The van der Waals surface area contributed by atoms with E-state index in [2.05, 4.69) is 0 Å². The van der Waals surface area contributed by atoms with Gasteiger partial charge in [-0.15, -0.1) is 11.6 Å². The summed E-state index contributed by atoms with van der Waals surface area (Å²) in [6.07, 6.45) is -1.36. The van der Waals surface area contributed by atoms with E-state index in [0.29, 0.717) is 10.7 Å². The van der Waals surface area contributed by atoms with Crippen LogP contribution in [-0.2, 0) is 14.3 Å². The molecule has 1 heterocycles. The predicted molar refractivity (Wildman–Crippen MR) is 82.2 cm³/mol. The number of halogens is 2. The first-order chi connectivity index (χ1) is 10.4. The van der Waals surface area contributed by atoms with Gasteiger partial charge in [0.15, 0.2) is 12.0 Å². The first kappa shape index (κ1) is 16.6. The van der Waals surface area contributed by atoms with E-state index in [4.69, 9.17) is 27.9 Å². The molecule has 1 N–H and O–H groups in total.